The number of amides is 2. The fourth-order valence-electron chi connectivity index (χ4n) is 1.74. The molecular formula is C14H20N2O5. The topological polar surface area (TPSA) is 99.9 Å². The van der Waals surface area contributed by atoms with Crippen molar-refractivity contribution in [1.29, 1.82) is 0 Å². The molecule has 0 aliphatic heterocycles. The van der Waals surface area contributed by atoms with E-state index in [1.54, 1.807) is 21.0 Å². The summed E-state index contributed by atoms with van der Waals surface area (Å²) in [7, 11) is 3.34. The summed E-state index contributed by atoms with van der Waals surface area (Å²) in [6.45, 7) is 1.69. The minimum absolute atomic E-state index is 0.0180. The third kappa shape index (κ3) is 5.29. The van der Waals surface area contributed by atoms with Crippen molar-refractivity contribution in [3.8, 4) is 0 Å². The van der Waals surface area contributed by atoms with Gasteiger partial charge in [-0.1, -0.05) is 0 Å². The Morgan fingerprint density at radius 3 is 2.48 bits per heavy atom. The molecule has 0 radical (unpaired) electrons. The molecule has 0 saturated heterocycles. The second-order valence-corrected chi connectivity index (χ2v) is 4.91. The number of carbonyl (C=O) groups is 3. The lowest BCUT2D eigenvalue weighted by Gasteiger charge is -2.09. The van der Waals surface area contributed by atoms with E-state index in [2.05, 4.69) is 5.32 Å². The van der Waals surface area contributed by atoms with Crippen molar-refractivity contribution in [2.45, 2.75) is 32.7 Å². The van der Waals surface area contributed by atoms with Gasteiger partial charge in [-0.05, 0) is 19.4 Å². The van der Waals surface area contributed by atoms with Crippen molar-refractivity contribution >= 4 is 17.8 Å². The molecule has 116 valence electrons. The second kappa shape index (κ2) is 7.47. The lowest BCUT2D eigenvalue weighted by Crippen LogP contribution is -2.24. The highest BCUT2D eigenvalue weighted by molar-refractivity contribution is 5.88. The summed E-state index contributed by atoms with van der Waals surface area (Å²) < 4.78 is 5.24. The number of carbonyl (C=O) groups excluding carboxylic acids is 2. The molecule has 0 atom stereocenters. The number of furan rings is 1. The Morgan fingerprint density at radius 2 is 1.95 bits per heavy atom. The van der Waals surface area contributed by atoms with Gasteiger partial charge < -0.3 is 19.7 Å². The highest BCUT2D eigenvalue weighted by Crippen LogP contribution is 2.14. The Hall–Kier alpha value is -2.31. The maximum Gasteiger partial charge on any atom is 0.339 e. The molecule has 0 saturated carbocycles. The van der Waals surface area contributed by atoms with Crippen LogP contribution in [0.2, 0.25) is 0 Å². The normalized spacial score (nSPS) is 10.2. The highest BCUT2D eigenvalue weighted by Gasteiger charge is 2.14. The van der Waals surface area contributed by atoms with Gasteiger partial charge in [0.25, 0.3) is 0 Å². The van der Waals surface area contributed by atoms with E-state index in [4.69, 9.17) is 9.52 Å². The first-order valence-electron chi connectivity index (χ1n) is 6.60. The summed E-state index contributed by atoms with van der Waals surface area (Å²) in [5, 5.41) is 11.5. The van der Waals surface area contributed by atoms with Gasteiger partial charge in [-0.3, -0.25) is 9.59 Å². The van der Waals surface area contributed by atoms with Crippen LogP contribution in [-0.4, -0.2) is 41.9 Å². The van der Waals surface area contributed by atoms with Gasteiger partial charge in [0.2, 0.25) is 11.8 Å². The molecule has 0 bridgehead atoms. The van der Waals surface area contributed by atoms with Gasteiger partial charge >= 0.3 is 5.97 Å². The van der Waals surface area contributed by atoms with Gasteiger partial charge in [0.1, 0.15) is 17.1 Å². The van der Waals surface area contributed by atoms with E-state index in [-0.39, 0.29) is 30.3 Å². The first-order chi connectivity index (χ1) is 9.81. The lowest BCUT2D eigenvalue weighted by molar-refractivity contribution is -0.129. The standard InChI is InChI=1S/C14H20N2O5/c1-9-11(14(19)20)7-10(21-9)8-15-12(17)5-4-6-13(18)16(2)3/h7H,4-6,8H2,1-3H3,(H,15,17)(H,19,20). The fraction of sp³-hybridized carbons (Fsp3) is 0.500. The molecule has 2 amide bonds. The fourth-order valence-corrected chi connectivity index (χ4v) is 1.74. The van der Waals surface area contributed by atoms with E-state index in [1.807, 2.05) is 0 Å². The van der Waals surface area contributed by atoms with Gasteiger partial charge in [-0.15, -0.1) is 0 Å². The van der Waals surface area contributed by atoms with Crippen molar-refractivity contribution in [3.05, 3.63) is 23.2 Å². The van der Waals surface area contributed by atoms with Crippen LogP contribution in [0.4, 0.5) is 0 Å². The minimum Gasteiger partial charge on any atom is -0.478 e. The molecule has 1 rings (SSSR count). The number of nitrogens with one attached hydrogen (secondary N) is 1. The van der Waals surface area contributed by atoms with Crippen molar-refractivity contribution in [3.63, 3.8) is 0 Å². The van der Waals surface area contributed by atoms with Crippen LogP contribution in [0, 0.1) is 6.92 Å². The number of hydrogen-bond donors (Lipinski definition) is 2. The molecule has 0 aromatic carbocycles. The Morgan fingerprint density at radius 1 is 1.29 bits per heavy atom. The van der Waals surface area contributed by atoms with Gasteiger partial charge in [0.05, 0.1) is 6.54 Å². The van der Waals surface area contributed by atoms with Crippen LogP contribution in [0.5, 0.6) is 0 Å². The smallest absolute Gasteiger partial charge is 0.339 e. The molecule has 0 aliphatic rings. The summed E-state index contributed by atoms with van der Waals surface area (Å²) in [4.78, 5) is 35.3. The quantitative estimate of drug-likeness (QED) is 0.786. The Kier molecular flexibility index (Phi) is 5.95. The molecule has 21 heavy (non-hydrogen) atoms. The van der Waals surface area contributed by atoms with Crippen LogP contribution in [0.25, 0.3) is 0 Å². The zero-order valence-electron chi connectivity index (χ0n) is 12.4. The van der Waals surface area contributed by atoms with E-state index in [0.29, 0.717) is 24.4 Å². The summed E-state index contributed by atoms with van der Waals surface area (Å²) in [5.74, 6) is -0.579. The zero-order chi connectivity index (χ0) is 16.0. The van der Waals surface area contributed by atoms with Crippen molar-refractivity contribution in [2.24, 2.45) is 0 Å². The third-order valence-corrected chi connectivity index (χ3v) is 2.95. The molecular weight excluding hydrogens is 276 g/mol. The summed E-state index contributed by atoms with van der Waals surface area (Å²) in [6, 6.07) is 1.40. The monoisotopic (exact) mass is 296 g/mol. The van der Waals surface area contributed by atoms with Gasteiger partial charge in [-0.2, -0.15) is 0 Å². The molecule has 1 aromatic rings. The molecule has 7 heteroatoms. The predicted molar refractivity (Wildman–Crippen MR) is 74.8 cm³/mol. The minimum atomic E-state index is -1.06. The number of hydrogen-bond acceptors (Lipinski definition) is 4. The molecule has 0 aliphatic carbocycles. The average molecular weight is 296 g/mol. The van der Waals surface area contributed by atoms with Crippen LogP contribution >= 0.6 is 0 Å². The molecule has 2 N–H and O–H groups in total. The first kappa shape index (κ1) is 16.7. The average Bonchev–Trinajstić information content (AvgIpc) is 2.77. The Balaban J connectivity index is 2.35. The van der Waals surface area contributed by atoms with Gasteiger partial charge in [0, 0.05) is 26.9 Å². The van der Waals surface area contributed by atoms with Crippen molar-refractivity contribution in [1.82, 2.24) is 10.2 Å². The van der Waals surface area contributed by atoms with E-state index >= 15 is 0 Å². The molecule has 7 nitrogen and oxygen atoms in total. The molecule has 0 unspecified atom stereocenters. The maximum absolute atomic E-state index is 11.6. The van der Waals surface area contributed by atoms with Crippen LogP contribution in [-0.2, 0) is 16.1 Å². The first-order valence-corrected chi connectivity index (χ1v) is 6.60. The summed E-state index contributed by atoms with van der Waals surface area (Å²) in [5.41, 5.74) is 0.0934. The number of carboxylic acids is 1. The van der Waals surface area contributed by atoms with Crippen molar-refractivity contribution in [2.75, 3.05) is 14.1 Å². The van der Waals surface area contributed by atoms with E-state index in [0.717, 1.165) is 0 Å². The maximum atomic E-state index is 11.6. The van der Waals surface area contributed by atoms with Gasteiger partial charge in [0.15, 0.2) is 0 Å². The number of nitrogens with zero attached hydrogens (tertiary/aromatic N) is 1. The Labute approximate surface area is 122 Å². The number of aromatic carboxylic acids is 1. The van der Waals surface area contributed by atoms with Crippen molar-refractivity contribution < 1.29 is 23.9 Å². The lowest BCUT2D eigenvalue weighted by atomic mass is 10.2. The number of carboxylic acid groups (broad SMARTS) is 1. The molecule has 1 aromatic heterocycles. The molecule has 0 spiro atoms. The SMILES string of the molecule is Cc1oc(CNC(=O)CCCC(=O)N(C)C)cc1C(=O)O. The predicted octanol–water partition coefficient (Wildman–Crippen LogP) is 1.16. The molecule has 1 heterocycles. The summed E-state index contributed by atoms with van der Waals surface area (Å²) >= 11 is 0. The van der Waals surface area contributed by atoms with E-state index in [9.17, 15) is 14.4 Å². The van der Waals surface area contributed by atoms with Crippen LogP contribution in [0.15, 0.2) is 10.5 Å². The highest BCUT2D eigenvalue weighted by atomic mass is 16.4. The summed E-state index contributed by atoms with van der Waals surface area (Å²) in [6.07, 6.45) is 1.04. The number of rotatable bonds is 7. The van der Waals surface area contributed by atoms with Crippen LogP contribution in [0.3, 0.4) is 0 Å². The zero-order valence-corrected chi connectivity index (χ0v) is 12.4. The van der Waals surface area contributed by atoms with E-state index in [1.165, 1.54) is 11.0 Å². The van der Waals surface area contributed by atoms with Crippen LogP contribution < -0.4 is 5.32 Å². The number of aryl methyl sites for hydroxylation is 1. The Bertz CT molecular complexity index is 533. The largest absolute Gasteiger partial charge is 0.478 e. The third-order valence-electron chi connectivity index (χ3n) is 2.95. The van der Waals surface area contributed by atoms with Gasteiger partial charge in [-0.25, -0.2) is 4.79 Å². The second-order valence-electron chi connectivity index (χ2n) is 4.91. The van der Waals surface area contributed by atoms with E-state index < -0.39 is 5.97 Å². The molecule has 0 fully saturated rings. The van der Waals surface area contributed by atoms with Crippen LogP contribution in [0.1, 0.15) is 41.1 Å².